The molecule has 5 nitrogen and oxygen atoms in total. The molecule has 1 atom stereocenters. The van der Waals surface area contributed by atoms with E-state index in [9.17, 15) is 4.79 Å². The van der Waals surface area contributed by atoms with Crippen molar-refractivity contribution in [3.05, 3.63) is 54.1 Å². The third-order valence-corrected chi connectivity index (χ3v) is 5.80. The standard InChI is InChI=1S/C23H30N2O3/c1-4-25-15-8-13-23(14-16-25,18-9-6-5-7-10-18)22(26)24-20-12-11-19(27-2)17-21(20)28-3/h5-7,9-12,17H,4,8,13-16H2,1-3H3,(H,24,26). The third kappa shape index (κ3) is 4.14. The van der Waals surface area contributed by atoms with Crippen molar-refractivity contribution in [3.8, 4) is 11.5 Å². The van der Waals surface area contributed by atoms with Crippen LogP contribution < -0.4 is 14.8 Å². The van der Waals surface area contributed by atoms with Gasteiger partial charge in [-0.2, -0.15) is 0 Å². The highest BCUT2D eigenvalue weighted by molar-refractivity contribution is 6.00. The van der Waals surface area contributed by atoms with Crippen LogP contribution in [0.4, 0.5) is 5.69 Å². The van der Waals surface area contributed by atoms with Crippen molar-refractivity contribution in [2.75, 3.05) is 39.2 Å². The summed E-state index contributed by atoms with van der Waals surface area (Å²) in [5.41, 5.74) is 1.20. The Morgan fingerprint density at radius 3 is 2.54 bits per heavy atom. The molecule has 0 radical (unpaired) electrons. The van der Waals surface area contributed by atoms with Gasteiger partial charge < -0.3 is 19.7 Å². The lowest BCUT2D eigenvalue weighted by Gasteiger charge is -2.32. The fourth-order valence-corrected chi connectivity index (χ4v) is 4.05. The molecule has 1 amide bonds. The van der Waals surface area contributed by atoms with E-state index in [1.165, 1.54) is 0 Å². The van der Waals surface area contributed by atoms with Crippen molar-refractivity contribution in [2.45, 2.75) is 31.6 Å². The molecule has 150 valence electrons. The van der Waals surface area contributed by atoms with E-state index < -0.39 is 5.41 Å². The van der Waals surface area contributed by atoms with E-state index in [2.05, 4.69) is 29.3 Å². The highest BCUT2D eigenvalue weighted by Gasteiger charge is 2.41. The predicted molar refractivity (Wildman–Crippen MR) is 112 cm³/mol. The predicted octanol–water partition coefficient (Wildman–Crippen LogP) is 4.09. The number of hydrogen-bond donors (Lipinski definition) is 1. The van der Waals surface area contributed by atoms with E-state index in [1.807, 2.05) is 30.3 Å². The molecule has 1 unspecified atom stereocenters. The summed E-state index contributed by atoms with van der Waals surface area (Å²) in [6.07, 6.45) is 2.63. The molecule has 1 aliphatic rings. The fourth-order valence-electron chi connectivity index (χ4n) is 4.05. The number of amides is 1. The lowest BCUT2D eigenvalue weighted by atomic mass is 9.73. The first kappa shape index (κ1) is 20.2. The molecule has 1 N–H and O–H groups in total. The molecule has 0 saturated carbocycles. The molecule has 2 aromatic carbocycles. The lowest BCUT2D eigenvalue weighted by Crippen LogP contribution is -2.41. The molecule has 0 spiro atoms. The molecule has 1 saturated heterocycles. The minimum atomic E-state index is -0.546. The molecule has 28 heavy (non-hydrogen) atoms. The molecular formula is C23H30N2O3. The number of carbonyl (C=O) groups is 1. The molecule has 5 heteroatoms. The van der Waals surface area contributed by atoms with Crippen LogP contribution in [0.5, 0.6) is 11.5 Å². The number of hydrogen-bond acceptors (Lipinski definition) is 4. The first-order chi connectivity index (χ1) is 13.6. The quantitative estimate of drug-likeness (QED) is 0.818. The van der Waals surface area contributed by atoms with Gasteiger partial charge >= 0.3 is 0 Å². The van der Waals surface area contributed by atoms with Gasteiger partial charge in [-0.05, 0) is 56.6 Å². The van der Waals surface area contributed by atoms with Gasteiger partial charge in [-0.1, -0.05) is 37.3 Å². The van der Waals surface area contributed by atoms with Crippen molar-refractivity contribution < 1.29 is 14.3 Å². The Balaban J connectivity index is 1.94. The monoisotopic (exact) mass is 382 g/mol. The van der Waals surface area contributed by atoms with Gasteiger partial charge in [-0.15, -0.1) is 0 Å². The second-order valence-electron chi connectivity index (χ2n) is 7.26. The Morgan fingerprint density at radius 1 is 1.07 bits per heavy atom. The SMILES string of the molecule is CCN1CCCC(C(=O)Nc2ccc(OC)cc2OC)(c2ccccc2)CC1. The zero-order valence-corrected chi connectivity index (χ0v) is 17.0. The molecule has 3 rings (SSSR count). The maximum atomic E-state index is 13.6. The van der Waals surface area contributed by atoms with Crippen molar-refractivity contribution in [1.82, 2.24) is 4.90 Å². The van der Waals surface area contributed by atoms with E-state index in [1.54, 1.807) is 20.3 Å². The number of rotatable bonds is 6. The van der Waals surface area contributed by atoms with E-state index in [-0.39, 0.29) is 5.91 Å². The maximum Gasteiger partial charge on any atom is 0.235 e. The van der Waals surface area contributed by atoms with Crippen molar-refractivity contribution >= 4 is 11.6 Å². The minimum absolute atomic E-state index is 0.0279. The van der Waals surface area contributed by atoms with Crippen LogP contribution in [0, 0.1) is 0 Å². The Morgan fingerprint density at radius 2 is 1.86 bits per heavy atom. The van der Waals surface area contributed by atoms with Crippen LogP contribution >= 0.6 is 0 Å². The number of benzene rings is 2. The van der Waals surface area contributed by atoms with E-state index in [0.717, 1.165) is 44.5 Å². The first-order valence-corrected chi connectivity index (χ1v) is 9.94. The number of nitrogens with zero attached hydrogens (tertiary/aromatic N) is 1. The number of anilines is 1. The summed E-state index contributed by atoms with van der Waals surface area (Å²) in [5.74, 6) is 1.32. The number of carbonyl (C=O) groups excluding carboxylic acids is 1. The van der Waals surface area contributed by atoms with Crippen LogP contribution in [0.1, 0.15) is 31.7 Å². The van der Waals surface area contributed by atoms with Crippen LogP contribution in [0.2, 0.25) is 0 Å². The lowest BCUT2D eigenvalue weighted by molar-refractivity contribution is -0.122. The van der Waals surface area contributed by atoms with Gasteiger partial charge in [0.1, 0.15) is 11.5 Å². The summed E-state index contributed by atoms with van der Waals surface area (Å²) in [6.45, 7) is 5.14. The molecule has 1 aliphatic heterocycles. The smallest absolute Gasteiger partial charge is 0.235 e. The summed E-state index contributed by atoms with van der Waals surface area (Å²) in [4.78, 5) is 16.1. The van der Waals surface area contributed by atoms with Gasteiger partial charge in [-0.25, -0.2) is 0 Å². The molecule has 2 aromatic rings. The average Bonchev–Trinajstić information content (AvgIpc) is 2.98. The highest BCUT2D eigenvalue weighted by atomic mass is 16.5. The Bertz CT molecular complexity index is 794. The fraction of sp³-hybridized carbons (Fsp3) is 0.435. The van der Waals surface area contributed by atoms with E-state index in [0.29, 0.717) is 17.2 Å². The van der Waals surface area contributed by atoms with E-state index in [4.69, 9.17) is 9.47 Å². The second-order valence-corrected chi connectivity index (χ2v) is 7.26. The van der Waals surface area contributed by atoms with Crippen LogP contribution in [0.3, 0.4) is 0 Å². The molecule has 1 fully saturated rings. The molecule has 0 aromatic heterocycles. The van der Waals surface area contributed by atoms with Crippen LogP contribution in [-0.4, -0.2) is 44.7 Å². The van der Waals surface area contributed by atoms with E-state index >= 15 is 0 Å². The van der Waals surface area contributed by atoms with Crippen molar-refractivity contribution in [3.63, 3.8) is 0 Å². The zero-order chi connectivity index (χ0) is 20.0. The summed E-state index contributed by atoms with van der Waals surface area (Å²) < 4.78 is 10.7. The second kappa shape index (κ2) is 9.11. The maximum absolute atomic E-state index is 13.6. The summed E-state index contributed by atoms with van der Waals surface area (Å²) in [6, 6.07) is 15.6. The van der Waals surface area contributed by atoms with Gasteiger partial charge in [0.25, 0.3) is 0 Å². The van der Waals surface area contributed by atoms with Crippen molar-refractivity contribution in [1.29, 1.82) is 0 Å². The molecule has 0 bridgehead atoms. The topological polar surface area (TPSA) is 50.8 Å². The zero-order valence-electron chi connectivity index (χ0n) is 17.0. The minimum Gasteiger partial charge on any atom is -0.497 e. The summed E-state index contributed by atoms with van der Waals surface area (Å²) in [5, 5.41) is 3.14. The summed E-state index contributed by atoms with van der Waals surface area (Å²) >= 11 is 0. The number of likely N-dealkylation sites (tertiary alicyclic amines) is 1. The Kier molecular flexibility index (Phi) is 6.57. The molecule has 0 aliphatic carbocycles. The van der Waals surface area contributed by atoms with Gasteiger partial charge in [0.2, 0.25) is 5.91 Å². The third-order valence-electron chi connectivity index (χ3n) is 5.80. The summed E-state index contributed by atoms with van der Waals surface area (Å²) in [7, 11) is 3.21. The van der Waals surface area contributed by atoms with Crippen LogP contribution in [-0.2, 0) is 10.2 Å². The Hall–Kier alpha value is -2.53. The van der Waals surface area contributed by atoms with Crippen LogP contribution in [0.25, 0.3) is 0 Å². The number of methoxy groups -OCH3 is 2. The first-order valence-electron chi connectivity index (χ1n) is 9.94. The Labute approximate surface area is 167 Å². The van der Waals surface area contributed by atoms with Crippen LogP contribution in [0.15, 0.2) is 48.5 Å². The average molecular weight is 383 g/mol. The van der Waals surface area contributed by atoms with Gasteiger partial charge in [0.15, 0.2) is 0 Å². The van der Waals surface area contributed by atoms with Gasteiger partial charge in [0, 0.05) is 6.07 Å². The van der Waals surface area contributed by atoms with Gasteiger partial charge in [-0.3, -0.25) is 4.79 Å². The van der Waals surface area contributed by atoms with Gasteiger partial charge in [0.05, 0.1) is 25.3 Å². The highest BCUT2D eigenvalue weighted by Crippen LogP contribution is 2.38. The molecule has 1 heterocycles. The number of ether oxygens (including phenoxy) is 2. The van der Waals surface area contributed by atoms with Crippen molar-refractivity contribution in [2.24, 2.45) is 0 Å². The normalized spacial score (nSPS) is 20.2. The molecular weight excluding hydrogens is 352 g/mol. The largest absolute Gasteiger partial charge is 0.497 e. The number of nitrogens with one attached hydrogen (secondary N) is 1.